The lowest BCUT2D eigenvalue weighted by Crippen LogP contribution is -2.49. The highest BCUT2D eigenvalue weighted by Gasteiger charge is 2.25. The largest absolute Gasteiger partial charge is 0.444 e. The van der Waals surface area contributed by atoms with Crippen molar-refractivity contribution in [2.24, 2.45) is 0 Å². The van der Waals surface area contributed by atoms with Gasteiger partial charge in [0.2, 0.25) is 0 Å². The van der Waals surface area contributed by atoms with E-state index in [-0.39, 0.29) is 12.1 Å². The molecule has 2 aliphatic rings. The van der Waals surface area contributed by atoms with Crippen LogP contribution in [-0.4, -0.2) is 40.8 Å². The quantitative estimate of drug-likeness (QED) is 0.851. The molecule has 0 spiro atoms. The van der Waals surface area contributed by atoms with Crippen molar-refractivity contribution in [3.63, 3.8) is 0 Å². The molecule has 2 heterocycles. The monoisotopic (exact) mass is 344 g/mol. The Kier molecular flexibility index (Phi) is 5.25. The molecule has 25 heavy (non-hydrogen) atoms. The van der Waals surface area contributed by atoms with Crippen LogP contribution in [0, 0.1) is 0 Å². The van der Waals surface area contributed by atoms with Crippen LogP contribution in [0.2, 0.25) is 0 Å². The Morgan fingerprint density at radius 2 is 2.04 bits per heavy atom. The van der Waals surface area contributed by atoms with E-state index in [2.05, 4.69) is 38.4 Å². The summed E-state index contributed by atoms with van der Waals surface area (Å²) in [7, 11) is 0. The van der Waals surface area contributed by atoms with E-state index in [1.54, 1.807) is 6.33 Å². The average molecular weight is 344 g/mol. The Morgan fingerprint density at radius 1 is 1.28 bits per heavy atom. The lowest BCUT2D eigenvalue weighted by atomic mass is 10.0. The smallest absolute Gasteiger partial charge is 0.407 e. The van der Waals surface area contributed by atoms with Crippen molar-refractivity contribution in [1.29, 1.82) is 0 Å². The van der Waals surface area contributed by atoms with Crippen LogP contribution in [0.1, 0.15) is 58.1 Å². The normalized spacial score (nSPS) is 21.4. The minimum Gasteiger partial charge on any atom is -0.444 e. The Morgan fingerprint density at radius 3 is 2.76 bits per heavy atom. The molecule has 1 aromatic heterocycles. The molecule has 6 heteroatoms. The molecule has 0 bridgehead atoms. The molecule has 6 nitrogen and oxygen atoms in total. The number of carbonyl (C=O) groups is 1. The number of hydrogen-bond acceptors (Lipinski definition) is 5. The maximum absolute atomic E-state index is 12.0. The van der Waals surface area contributed by atoms with E-state index in [1.165, 1.54) is 0 Å². The fraction of sp³-hybridized carbons (Fsp3) is 0.632. The van der Waals surface area contributed by atoms with Gasteiger partial charge in [-0.3, -0.25) is 0 Å². The van der Waals surface area contributed by atoms with Crippen LogP contribution < -0.4 is 10.2 Å². The van der Waals surface area contributed by atoms with Gasteiger partial charge >= 0.3 is 6.09 Å². The maximum atomic E-state index is 12.0. The second kappa shape index (κ2) is 7.42. The van der Waals surface area contributed by atoms with Crippen LogP contribution in [0.3, 0.4) is 0 Å². The number of aromatic nitrogens is 2. The van der Waals surface area contributed by atoms with Crippen LogP contribution in [-0.2, 0) is 4.74 Å². The Labute approximate surface area is 149 Å². The van der Waals surface area contributed by atoms with Crippen LogP contribution >= 0.6 is 0 Å². The zero-order valence-electron chi connectivity index (χ0n) is 15.4. The number of hydrogen-bond donors (Lipinski definition) is 1. The summed E-state index contributed by atoms with van der Waals surface area (Å²) in [5.74, 6) is 1.43. The number of allylic oxidation sites excluding steroid dienone is 2. The zero-order chi connectivity index (χ0) is 17.9. The van der Waals surface area contributed by atoms with Gasteiger partial charge in [0.05, 0.1) is 0 Å². The highest BCUT2D eigenvalue weighted by atomic mass is 16.6. The number of anilines is 1. The first-order valence-electron chi connectivity index (χ1n) is 9.12. The molecular formula is C19H28N4O2. The number of piperidine rings is 1. The molecule has 1 unspecified atom stereocenters. The summed E-state index contributed by atoms with van der Waals surface area (Å²) in [4.78, 5) is 23.2. The predicted octanol–water partition coefficient (Wildman–Crippen LogP) is 3.40. The van der Waals surface area contributed by atoms with Crippen molar-refractivity contribution in [2.75, 3.05) is 18.0 Å². The van der Waals surface area contributed by atoms with E-state index >= 15 is 0 Å². The van der Waals surface area contributed by atoms with Crippen LogP contribution in [0.4, 0.5) is 10.6 Å². The lowest BCUT2D eigenvalue weighted by molar-refractivity contribution is 0.0500. The number of nitrogens with one attached hydrogen (secondary N) is 1. The van der Waals surface area contributed by atoms with Gasteiger partial charge in [-0.15, -0.1) is 0 Å². The molecule has 1 N–H and O–H groups in total. The number of amides is 1. The minimum atomic E-state index is -0.477. The number of alkyl carbamates (subject to hydrolysis) is 1. The predicted molar refractivity (Wildman–Crippen MR) is 97.8 cm³/mol. The molecule has 1 aromatic rings. The van der Waals surface area contributed by atoms with E-state index in [1.807, 2.05) is 20.8 Å². The average Bonchev–Trinajstić information content (AvgIpc) is 3.08. The Hall–Kier alpha value is -2.11. The van der Waals surface area contributed by atoms with Gasteiger partial charge in [0.25, 0.3) is 0 Å². The van der Waals surface area contributed by atoms with E-state index in [0.29, 0.717) is 5.92 Å². The third-order valence-corrected chi connectivity index (χ3v) is 4.57. The first-order valence-corrected chi connectivity index (χ1v) is 9.12. The summed E-state index contributed by atoms with van der Waals surface area (Å²) in [5.41, 5.74) is 0.632. The van der Waals surface area contributed by atoms with Crippen molar-refractivity contribution in [3.05, 3.63) is 30.2 Å². The highest BCUT2D eigenvalue weighted by molar-refractivity contribution is 5.68. The van der Waals surface area contributed by atoms with Gasteiger partial charge in [-0.05, 0) is 46.5 Å². The van der Waals surface area contributed by atoms with E-state index in [9.17, 15) is 4.79 Å². The van der Waals surface area contributed by atoms with Crippen molar-refractivity contribution < 1.29 is 9.53 Å². The molecule has 3 rings (SSSR count). The van der Waals surface area contributed by atoms with Gasteiger partial charge in [0.1, 0.15) is 17.7 Å². The summed E-state index contributed by atoms with van der Waals surface area (Å²) < 4.78 is 5.37. The molecule has 0 saturated carbocycles. The molecule has 1 aliphatic carbocycles. The van der Waals surface area contributed by atoms with Gasteiger partial charge in [-0.2, -0.15) is 0 Å². The number of carbonyl (C=O) groups excluding carboxylic acids is 1. The number of ether oxygens (including phenoxy) is 1. The lowest BCUT2D eigenvalue weighted by Gasteiger charge is -2.34. The third kappa shape index (κ3) is 4.94. The van der Waals surface area contributed by atoms with Crippen molar-refractivity contribution in [1.82, 2.24) is 15.3 Å². The van der Waals surface area contributed by atoms with Gasteiger partial charge in [0.15, 0.2) is 0 Å². The van der Waals surface area contributed by atoms with Gasteiger partial charge in [-0.25, -0.2) is 14.8 Å². The summed E-state index contributed by atoms with van der Waals surface area (Å²) in [6, 6.07) is 2.18. The topological polar surface area (TPSA) is 67.3 Å². The summed E-state index contributed by atoms with van der Waals surface area (Å²) in [6.07, 6.45) is 9.83. The summed E-state index contributed by atoms with van der Waals surface area (Å²) in [6.45, 7) is 7.32. The standard InChI is InChI=1S/C19H28N4O2/c1-19(2,3)25-18(24)22-15-9-6-10-23(12-15)17-11-16(20-13-21-17)14-7-4-5-8-14/h4-5,11,13-15H,6-10,12H2,1-3H3,(H,22,24). The van der Waals surface area contributed by atoms with Crippen LogP contribution in [0.5, 0.6) is 0 Å². The first kappa shape index (κ1) is 17.7. The molecule has 1 aliphatic heterocycles. The molecule has 0 aromatic carbocycles. The maximum Gasteiger partial charge on any atom is 0.407 e. The summed E-state index contributed by atoms with van der Waals surface area (Å²) in [5, 5.41) is 2.99. The second-order valence-electron chi connectivity index (χ2n) is 7.87. The van der Waals surface area contributed by atoms with Crippen LogP contribution in [0.15, 0.2) is 24.5 Å². The van der Waals surface area contributed by atoms with Gasteiger partial charge < -0.3 is 15.0 Å². The molecule has 136 valence electrons. The minimum absolute atomic E-state index is 0.0789. The third-order valence-electron chi connectivity index (χ3n) is 4.57. The fourth-order valence-corrected chi connectivity index (χ4v) is 3.39. The fourth-order valence-electron chi connectivity index (χ4n) is 3.39. The Bertz CT molecular complexity index is 631. The Balaban J connectivity index is 1.61. The van der Waals surface area contributed by atoms with Crippen molar-refractivity contribution in [3.8, 4) is 0 Å². The molecule has 1 fully saturated rings. The van der Waals surface area contributed by atoms with E-state index < -0.39 is 5.60 Å². The highest BCUT2D eigenvalue weighted by Crippen LogP contribution is 2.29. The van der Waals surface area contributed by atoms with Gasteiger partial charge in [-0.1, -0.05) is 12.2 Å². The molecule has 0 radical (unpaired) electrons. The first-order chi connectivity index (χ1) is 11.9. The van der Waals surface area contributed by atoms with Gasteiger partial charge in [0, 0.05) is 36.8 Å². The second-order valence-corrected chi connectivity index (χ2v) is 7.87. The molecule has 1 amide bonds. The SMILES string of the molecule is CC(C)(C)OC(=O)NC1CCCN(c2cc(C3CC=CC3)ncn2)C1. The van der Waals surface area contributed by atoms with E-state index in [0.717, 1.165) is 50.3 Å². The van der Waals surface area contributed by atoms with Crippen molar-refractivity contribution in [2.45, 2.75) is 64.0 Å². The van der Waals surface area contributed by atoms with Crippen molar-refractivity contribution >= 4 is 11.9 Å². The molecule has 1 saturated heterocycles. The molecular weight excluding hydrogens is 316 g/mol. The zero-order valence-corrected chi connectivity index (χ0v) is 15.4. The van der Waals surface area contributed by atoms with E-state index in [4.69, 9.17) is 4.74 Å². The number of nitrogens with zero attached hydrogens (tertiary/aromatic N) is 3. The summed E-state index contributed by atoms with van der Waals surface area (Å²) >= 11 is 0. The molecule has 1 atom stereocenters. The van der Waals surface area contributed by atoms with Crippen LogP contribution in [0.25, 0.3) is 0 Å². The number of rotatable bonds is 3.